The Bertz CT molecular complexity index is 386. The van der Waals surface area contributed by atoms with Crippen LogP contribution in [0.1, 0.15) is 45.1 Å². The van der Waals surface area contributed by atoms with Gasteiger partial charge in [-0.3, -0.25) is 4.99 Å². The Morgan fingerprint density at radius 2 is 1.95 bits per heavy atom. The molecule has 4 heteroatoms. The molecule has 0 heterocycles. The Morgan fingerprint density at radius 3 is 2.60 bits per heavy atom. The summed E-state index contributed by atoms with van der Waals surface area (Å²) in [4.78, 5) is 4.34. The van der Waals surface area contributed by atoms with Crippen molar-refractivity contribution in [2.24, 2.45) is 16.8 Å². The smallest absolute Gasteiger partial charge is 0.0994 e. The molecular formula is C16H28N4. The largest absolute Gasteiger partial charge is 0.399 e. The minimum atomic E-state index is 0.639. The monoisotopic (exact) mass is 276 g/mol. The van der Waals surface area contributed by atoms with Crippen molar-refractivity contribution < 1.29 is 0 Å². The molecular weight excluding hydrogens is 248 g/mol. The fourth-order valence-corrected chi connectivity index (χ4v) is 2.19. The number of benzene rings is 1. The summed E-state index contributed by atoms with van der Waals surface area (Å²) in [5.41, 5.74) is 7.55. The lowest BCUT2D eigenvalue weighted by Gasteiger charge is -2.14. The van der Waals surface area contributed by atoms with Crippen LogP contribution >= 0.6 is 0 Å². The van der Waals surface area contributed by atoms with E-state index in [0.717, 1.165) is 30.1 Å². The zero-order valence-electron chi connectivity index (χ0n) is 12.8. The highest BCUT2D eigenvalue weighted by Crippen LogP contribution is 2.11. The van der Waals surface area contributed by atoms with Crippen LogP contribution in [0.5, 0.6) is 0 Å². The van der Waals surface area contributed by atoms with Crippen molar-refractivity contribution in [1.82, 2.24) is 5.01 Å². The number of hydrogen-bond donors (Lipinski definition) is 2. The second-order valence-electron chi connectivity index (χ2n) is 5.47. The average molecular weight is 276 g/mol. The lowest BCUT2D eigenvalue weighted by molar-refractivity contribution is 0.391. The van der Waals surface area contributed by atoms with Crippen molar-refractivity contribution in [2.45, 2.75) is 46.1 Å². The molecule has 0 spiro atoms. The van der Waals surface area contributed by atoms with Crippen molar-refractivity contribution in [1.29, 1.82) is 0 Å². The van der Waals surface area contributed by atoms with Crippen LogP contribution in [0.4, 0.5) is 5.69 Å². The van der Waals surface area contributed by atoms with Crippen LogP contribution < -0.4 is 11.6 Å². The summed E-state index contributed by atoms with van der Waals surface area (Å²) in [5.74, 6) is 6.68. The van der Waals surface area contributed by atoms with Gasteiger partial charge in [-0.1, -0.05) is 38.8 Å². The Morgan fingerprint density at radius 1 is 1.25 bits per heavy atom. The first-order valence-electron chi connectivity index (χ1n) is 7.47. The number of aliphatic imine (C=N–C) groups is 1. The van der Waals surface area contributed by atoms with Crippen LogP contribution in [0.15, 0.2) is 29.3 Å². The maximum absolute atomic E-state index is 5.89. The zero-order chi connectivity index (χ0) is 14.8. The summed E-state index contributed by atoms with van der Waals surface area (Å²) in [7, 11) is 0. The highest BCUT2D eigenvalue weighted by molar-refractivity contribution is 5.54. The van der Waals surface area contributed by atoms with Gasteiger partial charge in [0.1, 0.15) is 0 Å². The SMILES string of the molecule is CCCC(C)CCCN(N)C=NCc1ccc(N)cc1. The molecule has 0 aliphatic rings. The normalized spacial score (nSPS) is 12.8. The van der Waals surface area contributed by atoms with Gasteiger partial charge in [0.15, 0.2) is 0 Å². The van der Waals surface area contributed by atoms with E-state index in [1.807, 2.05) is 24.3 Å². The van der Waals surface area contributed by atoms with E-state index in [-0.39, 0.29) is 0 Å². The molecule has 1 aromatic rings. The van der Waals surface area contributed by atoms with E-state index in [2.05, 4.69) is 18.8 Å². The number of hydrogen-bond acceptors (Lipinski definition) is 3. The maximum atomic E-state index is 5.89. The number of nitrogens with zero attached hydrogens (tertiary/aromatic N) is 2. The second-order valence-corrected chi connectivity index (χ2v) is 5.47. The minimum Gasteiger partial charge on any atom is -0.399 e. The molecule has 0 radical (unpaired) electrons. The number of nitrogens with two attached hydrogens (primary N) is 2. The maximum Gasteiger partial charge on any atom is 0.0994 e. The van der Waals surface area contributed by atoms with Crippen LogP contribution in [-0.2, 0) is 6.54 Å². The molecule has 0 aromatic heterocycles. The van der Waals surface area contributed by atoms with Gasteiger partial charge >= 0.3 is 0 Å². The third-order valence-corrected chi connectivity index (χ3v) is 3.38. The van der Waals surface area contributed by atoms with Crippen LogP contribution in [-0.4, -0.2) is 17.9 Å². The highest BCUT2D eigenvalue weighted by Gasteiger charge is 2.01. The van der Waals surface area contributed by atoms with Crippen molar-refractivity contribution in [2.75, 3.05) is 12.3 Å². The van der Waals surface area contributed by atoms with Gasteiger partial charge in [-0.15, -0.1) is 0 Å². The number of anilines is 1. The lowest BCUT2D eigenvalue weighted by Crippen LogP contribution is -2.30. The molecule has 0 fully saturated rings. The van der Waals surface area contributed by atoms with E-state index >= 15 is 0 Å². The quantitative estimate of drug-likeness (QED) is 0.239. The van der Waals surface area contributed by atoms with Gasteiger partial charge in [-0.05, 0) is 36.5 Å². The van der Waals surface area contributed by atoms with Gasteiger partial charge in [-0.2, -0.15) is 0 Å². The van der Waals surface area contributed by atoms with E-state index in [1.54, 1.807) is 11.3 Å². The molecule has 112 valence electrons. The first-order chi connectivity index (χ1) is 9.61. The number of nitrogen functional groups attached to an aromatic ring is 1. The molecule has 0 saturated heterocycles. The van der Waals surface area contributed by atoms with Crippen molar-refractivity contribution in [3.8, 4) is 0 Å². The Hall–Kier alpha value is -1.55. The summed E-state index contributed by atoms with van der Waals surface area (Å²) >= 11 is 0. The topological polar surface area (TPSA) is 67.6 Å². The fourth-order valence-electron chi connectivity index (χ4n) is 2.19. The van der Waals surface area contributed by atoms with E-state index < -0.39 is 0 Å². The molecule has 1 atom stereocenters. The van der Waals surface area contributed by atoms with Crippen molar-refractivity contribution in [3.63, 3.8) is 0 Å². The zero-order valence-corrected chi connectivity index (χ0v) is 12.8. The molecule has 0 bridgehead atoms. The summed E-state index contributed by atoms with van der Waals surface area (Å²) in [6.45, 7) is 6.04. The van der Waals surface area contributed by atoms with Gasteiger partial charge in [0, 0.05) is 12.2 Å². The van der Waals surface area contributed by atoms with E-state index in [1.165, 1.54) is 19.3 Å². The fraction of sp³-hybridized carbons (Fsp3) is 0.562. The molecule has 1 rings (SSSR count). The van der Waals surface area contributed by atoms with E-state index in [0.29, 0.717) is 6.54 Å². The van der Waals surface area contributed by atoms with Crippen molar-refractivity contribution in [3.05, 3.63) is 29.8 Å². The van der Waals surface area contributed by atoms with Crippen molar-refractivity contribution >= 4 is 12.0 Å². The summed E-state index contributed by atoms with van der Waals surface area (Å²) < 4.78 is 0. The predicted molar refractivity (Wildman–Crippen MR) is 87.2 cm³/mol. The molecule has 0 aliphatic carbocycles. The van der Waals surface area contributed by atoms with Crippen LogP contribution in [0.3, 0.4) is 0 Å². The van der Waals surface area contributed by atoms with Gasteiger partial charge < -0.3 is 10.7 Å². The van der Waals surface area contributed by atoms with E-state index in [9.17, 15) is 0 Å². The van der Waals surface area contributed by atoms with Crippen LogP contribution in [0, 0.1) is 5.92 Å². The standard InChI is InChI=1S/C16H28N4/c1-3-5-14(2)6-4-11-20(18)13-19-12-15-7-9-16(17)10-8-15/h7-10,13-14H,3-6,11-12,17-18H2,1-2H3. The second kappa shape index (κ2) is 9.37. The summed E-state index contributed by atoms with van der Waals surface area (Å²) in [6, 6.07) is 7.75. The Kier molecular flexibility index (Phi) is 7.73. The first-order valence-corrected chi connectivity index (χ1v) is 7.47. The van der Waals surface area contributed by atoms with Crippen LogP contribution in [0.25, 0.3) is 0 Å². The minimum absolute atomic E-state index is 0.639. The average Bonchev–Trinajstić information content (AvgIpc) is 2.41. The number of hydrazine groups is 1. The predicted octanol–water partition coefficient (Wildman–Crippen LogP) is 3.19. The Labute approximate surface area is 122 Å². The van der Waals surface area contributed by atoms with Gasteiger partial charge in [0.05, 0.1) is 12.9 Å². The van der Waals surface area contributed by atoms with E-state index in [4.69, 9.17) is 11.6 Å². The third-order valence-electron chi connectivity index (χ3n) is 3.38. The Balaban J connectivity index is 2.19. The summed E-state index contributed by atoms with van der Waals surface area (Å²) in [6.07, 6.45) is 6.63. The molecule has 20 heavy (non-hydrogen) atoms. The van der Waals surface area contributed by atoms with Gasteiger partial charge in [-0.25, -0.2) is 5.84 Å². The lowest BCUT2D eigenvalue weighted by atomic mass is 10.0. The molecule has 1 aromatic carbocycles. The highest BCUT2D eigenvalue weighted by atomic mass is 15.4. The first kappa shape index (κ1) is 16.5. The summed E-state index contributed by atoms with van der Waals surface area (Å²) in [5, 5.41) is 1.68. The number of rotatable bonds is 9. The van der Waals surface area contributed by atoms with Gasteiger partial charge in [0.2, 0.25) is 0 Å². The van der Waals surface area contributed by atoms with Crippen LogP contribution in [0.2, 0.25) is 0 Å². The molecule has 4 nitrogen and oxygen atoms in total. The molecule has 1 unspecified atom stereocenters. The van der Waals surface area contributed by atoms with Gasteiger partial charge in [0.25, 0.3) is 0 Å². The third kappa shape index (κ3) is 7.14. The molecule has 0 aliphatic heterocycles. The molecule has 0 saturated carbocycles. The molecule has 0 amide bonds. The molecule has 4 N–H and O–H groups in total.